The molecule has 0 aromatic rings. The van der Waals surface area contributed by atoms with Gasteiger partial charge in [-0.05, 0) is 70.6 Å². The molecule has 378 valence electrons. The third-order valence-electron chi connectivity index (χ3n) is 12.3. The van der Waals surface area contributed by atoms with Crippen molar-refractivity contribution in [2.24, 2.45) is 0 Å². The molecule has 65 heavy (non-hydrogen) atoms. The van der Waals surface area contributed by atoms with Crippen molar-refractivity contribution >= 4 is 17.9 Å². The van der Waals surface area contributed by atoms with E-state index in [1.807, 2.05) is 0 Å². The molecule has 0 radical (unpaired) electrons. The molecule has 0 saturated heterocycles. The molecule has 0 aliphatic heterocycles. The third-order valence-corrected chi connectivity index (χ3v) is 12.3. The zero-order valence-electron chi connectivity index (χ0n) is 43.3. The number of rotatable bonds is 51. The van der Waals surface area contributed by atoms with Crippen LogP contribution < -0.4 is 0 Å². The standard InChI is InChI=1S/C59H106O6/c1-4-7-10-13-16-19-22-24-25-26-27-28-29-30-31-32-33-35-37-40-43-46-49-52-58(61)64-55-56(54-63-57(60)51-48-45-42-39-36-21-18-15-12-9-6-3)65-59(62)53-50-47-44-41-38-34-23-20-17-14-11-8-5-2/h8,11,15,17-18,20,34,38,56H,4-7,9-10,12-14,16,19,21-33,35-37,39-55H2,1-3H3/b11-8-,18-15-,20-17-,38-34-. The molecular formula is C59H106O6. The predicted molar refractivity (Wildman–Crippen MR) is 279 cm³/mol. The Hall–Kier alpha value is -2.63. The Bertz CT molecular complexity index is 1140. The third kappa shape index (κ3) is 52.2. The molecule has 0 spiro atoms. The molecule has 0 rings (SSSR count). The van der Waals surface area contributed by atoms with Crippen molar-refractivity contribution in [1.82, 2.24) is 0 Å². The van der Waals surface area contributed by atoms with Crippen molar-refractivity contribution in [3.63, 3.8) is 0 Å². The normalized spacial score (nSPS) is 12.4. The van der Waals surface area contributed by atoms with Crippen molar-refractivity contribution in [2.45, 2.75) is 297 Å². The molecule has 0 heterocycles. The smallest absolute Gasteiger partial charge is 0.306 e. The molecule has 6 nitrogen and oxygen atoms in total. The Balaban J connectivity index is 4.23. The predicted octanol–water partition coefficient (Wildman–Crippen LogP) is 18.7. The number of esters is 3. The van der Waals surface area contributed by atoms with Gasteiger partial charge in [-0.1, -0.05) is 249 Å². The Morgan fingerprint density at radius 1 is 0.323 bits per heavy atom. The number of carbonyl (C=O) groups is 3. The molecule has 0 aromatic carbocycles. The van der Waals surface area contributed by atoms with Crippen molar-refractivity contribution in [2.75, 3.05) is 13.2 Å². The largest absolute Gasteiger partial charge is 0.462 e. The van der Waals surface area contributed by atoms with Gasteiger partial charge in [0.15, 0.2) is 6.10 Å². The van der Waals surface area contributed by atoms with E-state index in [0.717, 1.165) is 89.9 Å². The quantitative estimate of drug-likeness (QED) is 0.0262. The molecule has 0 bridgehead atoms. The van der Waals surface area contributed by atoms with Crippen LogP contribution in [0.25, 0.3) is 0 Å². The second kappa shape index (κ2) is 54.0. The maximum Gasteiger partial charge on any atom is 0.306 e. The highest BCUT2D eigenvalue weighted by Gasteiger charge is 2.19. The van der Waals surface area contributed by atoms with Gasteiger partial charge in [-0.3, -0.25) is 14.4 Å². The first-order valence-corrected chi connectivity index (χ1v) is 28.1. The average Bonchev–Trinajstić information content (AvgIpc) is 3.30. The van der Waals surface area contributed by atoms with E-state index in [1.165, 1.54) is 161 Å². The fraction of sp³-hybridized carbons (Fsp3) is 0.814. The molecule has 0 aliphatic rings. The number of ether oxygens (including phenoxy) is 3. The van der Waals surface area contributed by atoms with E-state index in [1.54, 1.807) is 0 Å². The maximum absolute atomic E-state index is 12.8. The second-order valence-electron chi connectivity index (χ2n) is 18.8. The zero-order chi connectivity index (χ0) is 47.2. The Morgan fingerprint density at radius 2 is 0.615 bits per heavy atom. The minimum atomic E-state index is -0.788. The zero-order valence-corrected chi connectivity index (χ0v) is 43.3. The second-order valence-corrected chi connectivity index (χ2v) is 18.8. The molecule has 0 saturated carbocycles. The lowest BCUT2D eigenvalue weighted by molar-refractivity contribution is -0.167. The van der Waals surface area contributed by atoms with E-state index in [9.17, 15) is 14.4 Å². The summed E-state index contributed by atoms with van der Waals surface area (Å²) in [7, 11) is 0. The monoisotopic (exact) mass is 911 g/mol. The van der Waals surface area contributed by atoms with Gasteiger partial charge in [0.2, 0.25) is 0 Å². The van der Waals surface area contributed by atoms with Crippen LogP contribution in [0.3, 0.4) is 0 Å². The highest BCUT2D eigenvalue weighted by atomic mass is 16.6. The first kappa shape index (κ1) is 62.4. The van der Waals surface area contributed by atoms with Crippen LogP contribution in [-0.4, -0.2) is 37.2 Å². The minimum Gasteiger partial charge on any atom is -0.462 e. The van der Waals surface area contributed by atoms with Crippen LogP contribution in [0.15, 0.2) is 48.6 Å². The summed E-state index contributed by atoms with van der Waals surface area (Å²) in [5.41, 5.74) is 0. The number of hydrogen-bond acceptors (Lipinski definition) is 6. The number of hydrogen-bond donors (Lipinski definition) is 0. The van der Waals surface area contributed by atoms with Crippen molar-refractivity contribution in [3.8, 4) is 0 Å². The molecule has 0 N–H and O–H groups in total. The lowest BCUT2D eigenvalue weighted by atomic mass is 10.0. The number of allylic oxidation sites excluding steroid dienone is 8. The van der Waals surface area contributed by atoms with Crippen LogP contribution in [0.1, 0.15) is 290 Å². The van der Waals surface area contributed by atoms with Gasteiger partial charge < -0.3 is 14.2 Å². The first-order chi connectivity index (χ1) is 32.0. The highest BCUT2D eigenvalue weighted by Crippen LogP contribution is 2.17. The van der Waals surface area contributed by atoms with Crippen molar-refractivity contribution < 1.29 is 28.6 Å². The van der Waals surface area contributed by atoms with Crippen molar-refractivity contribution in [1.29, 1.82) is 0 Å². The summed E-state index contributed by atoms with van der Waals surface area (Å²) < 4.78 is 16.8. The topological polar surface area (TPSA) is 78.9 Å². The van der Waals surface area contributed by atoms with Crippen molar-refractivity contribution in [3.05, 3.63) is 48.6 Å². The summed E-state index contributed by atoms with van der Waals surface area (Å²) >= 11 is 0. The number of unbranched alkanes of at least 4 members (excludes halogenated alkanes) is 32. The minimum absolute atomic E-state index is 0.0851. The van der Waals surface area contributed by atoms with E-state index in [0.29, 0.717) is 19.3 Å². The van der Waals surface area contributed by atoms with Gasteiger partial charge in [0.1, 0.15) is 13.2 Å². The summed E-state index contributed by atoms with van der Waals surface area (Å²) in [5, 5.41) is 0. The summed E-state index contributed by atoms with van der Waals surface area (Å²) in [5.74, 6) is -0.915. The van der Waals surface area contributed by atoms with Gasteiger partial charge in [0.25, 0.3) is 0 Å². The van der Waals surface area contributed by atoms with E-state index < -0.39 is 6.10 Å². The Labute approximate surface area is 403 Å². The van der Waals surface area contributed by atoms with Crippen LogP contribution in [0.5, 0.6) is 0 Å². The fourth-order valence-electron chi connectivity index (χ4n) is 8.09. The van der Waals surface area contributed by atoms with Gasteiger partial charge >= 0.3 is 17.9 Å². The molecule has 1 unspecified atom stereocenters. The molecule has 0 aliphatic carbocycles. The van der Waals surface area contributed by atoms with E-state index in [-0.39, 0.29) is 31.1 Å². The SMILES string of the molecule is CC/C=C\C/C=C\C/C=C\CCCCCC(=O)OC(COC(=O)CCCCCCC/C=C\CCCC)COC(=O)CCCCCCCCCCCCCCCCCCCCCCCCC. The van der Waals surface area contributed by atoms with Crippen LogP contribution in [0.2, 0.25) is 0 Å². The lowest BCUT2D eigenvalue weighted by Crippen LogP contribution is -2.30. The fourth-order valence-corrected chi connectivity index (χ4v) is 8.09. The van der Waals surface area contributed by atoms with Crippen LogP contribution in [-0.2, 0) is 28.6 Å². The van der Waals surface area contributed by atoms with Crippen LogP contribution >= 0.6 is 0 Å². The average molecular weight is 911 g/mol. The summed E-state index contributed by atoms with van der Waals surface area (Å²) in [6.45, 7) is 6.48. The lowest BCUT2D eigenvalue weighted by Gasteiger charge is -2.18. The molecule has 1 atom stereocenters. The Kier molecular flexibility index (Phi) is 51.8. The van der Waals surface area contributed by atoms with Gasteiger partial charge in [0.05, 0.1) is 0 Å². The molecule has 0 amide bonds. The number of carbonyl (C=O) groups excluding carboxylic acids is 3. The molecule has 0 aromatic heterocycles. The summed E-state index contributed by atoms with van der Waals surface area (Å²) in [6.07, 6.45) is 65.5. The maximum atomic E-state index is 12.8. The van der Waals surface area contributed by atoms with Gasteiger partial charge in [-0.15, -0.1) is 0 Å². The van der Waals surface area contributed by atoms with Gasteiger partial charge in [-0.25, -0.2) is 0 Å². The van der Waals surface area contributed by atoms with Crippen LogP contribution in [0.4, 0.5) is 0 Å². The van der Waals surface area contributed by atoms with E-state index >= 15 is 0 Å². The molecule has 6 heteroatoms. The van der Waals surface area contributed by atoms with E-state index in [4.69, 9.17) is 14.2 Å². The van der Waals surface area contributed by atoms with Gasteiger partial charge in [-0.2, -0.15) is 0 Å². The first-order valence-electron chi connectivity index (χ1n) is 28.1. The Morgan fingerprint density at radius 3 is 1.02 bits per heavy atom. The molecular weight excluding hydrogens is 805 g/mol. The van der Waals surface area contributed by atoms with Gasteiger partial charge in [0, 0.05) is 19.3 Å². The highest BCUT2D eigenvalue weighted by molar-refractivity contribution is 5.71. The van der Waals surface area contributed by atoms with Crippen LogP contribution in [0, 0.1) is 0 Å². The molecule has 0 fully saturated rings. The summed E-state index contributed by atoms with van der Waals surface area (Å²) in [6, 6.07) is 0. The summed E-state index contributed by atoms with van der Waals surface area (Å²) in [4.78, 5) is 38.0. The van der Waals surface area contributed by atoms with E-state index in [2.05, 4.69) is 69.4 Å².